The molecule has 1 aliphatic rings. The number of rotatable bonds is 3. The molecule has 0 radical (unpaired) electrons. The standard InChI is InChI=1S/C24H23FN4S/c1-16-3-4-17(2)21(13-16)28-9-11-29(12-10-28)23-22-20(14-30-24(22)27-15-26-23)18-5-7-19(25)8-6-18/h3-8,13-15H,9-12H2,1-2H3. The van der Waals surface area contributed by atoms with E-state index in [9.17, 15) is 4.39 Å². The minimum Gasteiger partial charge on any atom is -0.368 e. The molecule has 0 amide bonds. The van der Waals surface area contributed by atoms with Crippen LogP contribution in [0.1, 0.15) is 11.1 Å². The minimum absolute atomic E-state index is 0.225. The number of hydrogen-bond donors (Lipinski definition) is 0. The molecule has 0 saturated carbocycles. The fourth-order valence-electron chi connectivity index (χ4n) is 4.16. The molecule has 0 bridgehead atoms. The Kier molecular flexibility index (Phi) is 4.87. The van der Waals surface area contributed by atoms with E-state index >= 15 is 0 Å². The molecule has 0 spiro atoms. The van der Waals surface area contributed by atoms with E-state index in [0.29, 0.717) is 0 Å². The van der Waals surface area contributed by atoms with Crippen molar-refractivity contribution in [1.29, 1.82) is 0 Å². The third-order valence-electron chi connectivity index (χ3n) is 5.79. The topological polar surface area (TPSA) is 32.3 Å². The molecule has 2 aromatic carbocycles. The van der Waals surface area contributed by atoms with Gasteiger partial charge in [-0.05, 0) is 48.7 Å². The molecule has 6 heteroatoms. The van der Waals surface area contributed by atoms with E-state index < -0.39 is 0 Å². The summed E-state index contributed by atoms with van der Waals surface area (Å²) in [6.45, 7) is 8.02. The highest BCUT2D eigenvalue weighted by molar-refractivity contribution is 7.17. The highest BCUT2D eigenvalue weighted by Gasteiger charge is 2.23. The second kappa shape index (κ2) is 7.69. The Morgan fingerprint density at radius 1 is 0.900 bits per heavy atom. The number of anilines is 2. The van der Waals surface area contributed by atoms with Crippen LogP contribution in [0.4, 0.5) is 15.9 Å². The Bertz CT molecular complexity index is 1190. The molecule has 2 aromatic heterocycles. The van der Waals surface area contributed by atoms with Crippen LogP contribution in [0.15, 0.2) is 54.2 Å². The van der Waals surface area contributed by atoms with Crippen LogP contribution >= 0.6 is 11.3 Å². The average molecular weight is 419 g/mol. The van der Waals surface area contributed by atoms with Crippen molar-refractivity contribution in [1.82, 2.24) is 9.97 Å². The highest BCUT2D eigenvalue weighted by atomic mass is 32.1. The van der Waals surface area contributed by atoms with Gasteiger partial charge >= 0.3 is 0 Å². The summed E-state index contributed by atoms with van der Waals surface area (Å²) in [5, 5.41) is 3.16. The van der Waals surface area contributed by atoms with E-state index in [0.717, 1.165) is 53.3 Å². The molecule has 1 aliphatic heterocycles. The Balaban J connectivity index is 1.45. The number of aromatic nitrogens is 2. The third-order valence-corrected chi connectivity index (χ3v) is 6.68. The normalized spacial score (nSPS) is 14.5. The number of fused-ring (bicyclic) bond motifs is 1. The number of thiophene rings is 1. The van der Waals surface area contributed by atoms with Crippen molar-refractivity contribution >= 4 is 33.1 Å². The quantitative estimate of drug-likeness (QED) is 0.443. The molecule has 3 heterocycles. The molecule has 5 rings (SSSR count). The van der Waals surface area contributed by atoms with Crippen molar-refractivity contribution < 1.29 is 4.39 Å². The lowest BCUT2D eigenvalue weighted by molar-refractivity contribution is 0.628. The van der Waals surface area contributed by atoms with Crippen molar-refractivity contribution in [3.8, 4) is 11.1 Å². The van der Waals surface area contributed by atoms with Gasteiger partial charge in [-0.1, -0.05) is 24.3 Å². The number of piperazine rings is 1. The van der Waals surface area contributed by atoms with Gasteiger partial charge in [0.1, 0.15) is 22.8 Å². The van der Waals surface area contributed by atoms with Crippen LogP contribution in [-0.4, -0.2) is 36.1 Å². The number of halogens is 1. The van der Waals surface area contributed by atoms with Crippen LogP contribution in [-0.2, 0) is 0 Å². The van der Waals surface area contributed by atoms with Crippen molar-refractivity contribution in [3.05, 3.63) is 71.1 Å². The van der Waals surface area contributed by atoms with Gasteiger partial charge in [0.2, 0.25) is 0 Å². The summed E-state index contributed by atoms with van der Waals surface area (Å²) in [5.41, 5.74) is 5.99. The summed E-state index contributed by atoms with van der Waals surface area (Å²) in [6, 6.07) is 13.3. The predicted octanol–water partition coefficient (Wildman–Crippen LogP) is 5.44. The second-order valence-electron chi connectivity index (χ2n) is 7.80. The van der Waals surface area contributed by atoms with Crippen molar-refractivity contribution in [2.75, 3.05) is 36.0 Å². The zero-order chi connectivity index (χ0) is 20.7. The number of hydrogen-bond acceptors (Lipinski definition) is 5. The SMILES string of the molecule is Cc1ccc(C)c(N2CCN(c3ncnc4scc(-c5ccc(F)cc5)c34)CC2)c1. The molecule has 152 valence electrons. The Labute approximate surface area is 179 Å². The van der Waals surface area contributed by atoms with Gasteiger partial charge in [0.25, 0.3) is 0 Å². The number of nitrogens with zero attached hydrogens (tertiary/aromatic N) is 4. The molecular weight excluding hydrogens is 395 g/mol. The van der Waals surface area contributed by atoms with Crippen LogP contribution in [0.5, 0.6) is 0 Å². The Morgan fingerprint density at radius 2 is 1.63 bits per heavy atom. The summed E-state index contributed by atoms with van der Waals surface area (Å²) in [5.74, 6) is 0.749. The van der Waals surface area contributed by atoms with Gasteiger partial charge in [-0.25, -0.2) is 14.4 Å². The molecule has 1 fully saturated rings. The van der Waals surface area contributed by atoms with Gasteiger partial charge in [-0.15, -0.1) is 11.3 Å². The lowest BCUT2D eigenvalue weighted by atomic mass is 10.1. The zero-order valence-electron chi connectivity index (χ0n) is 17.1. The summed E-state index contributed by atoms with van der Waals surface area (Å²) in [4.78, 5) is 14.9. The van der Waals surface area contributed by atoms with Gasteiger partial charge in [0.05, 0.1) is 5.39 Å². The fourth-order valence-corrected chi connectivity index (χ4v) is 5.07. The van der Waals surface area contributed by atoms with E-state index in [1.807, 2.05) is 12.1 Å². The van der Waals surface area contributed by atoms with E-state index in [1.54, 1.807) is 17.7 Å². The van der Waals surface area contributed by atoms with Crippen LogP contribution in [0, 0.1) is 19.7 Å². The monoisotopic (exact) mass is 418 g/mol. The van der Waals surface area contributed by atoms with Crippen molar-refractivity contribution in [3.63, 3.8) is 0 Å². The molecule has 0 unspecified atom stereocenters. The minimum atomic E-state index is -0.225. The molecule has 30 heavy (non-hydrogen) atoms. The summed E-state index contributed by atoms with van der Waals surface area (Å²) in [7, 11) is 0. The van der Waals surface area contributed by atoms with E-state index in [2.05, 4.69) is 57.2 Å². The van der Waals surface area contributed by atoms with E-state index in [4.69, 9.17) is 0 Å². The van der Waals surface area contributed by atoms with Crippen LogP contribution < -0.4 is 9.80 Å². The second-order valence-corrected chi connectivity index (χ2v) is 8.66. The molecule has 0 aliphatic carbocycles. The predicted molar refractivity (Wildman–Crippen MR) is 123 cm³/mol. The maximum Gasteiger partial charge on any atom is 0.141 e. The lowest BCUT2D eigenvalue weighted by Crippen LogP contribution is -2.47. The fraction of sp³-hybridized carbons (Fsp3) is 0.250. The van der Waals surface area contributed by atoms with Gasteiger partial charge in [0, 0.05) is 42.8 Å². The average Bonchev–Trinajstić information content (AvgIpc) is 3.20. The lowest BCUT2D eigenvalue weighted by Gasteiger charge is -2.37. The molecule has 4 nitrogen and oxygen atoms in total. The molecular formula is C24H23FN4S. The van der Waals surface area contributed by atoms with Crippen LogP contribution in [0.25, 0.3) is 21.3 Å². The molecule has 4 aromatic rings. The zero-order valence-corrected chi connectivity index (χ0v) is 17.9. The Hall–Kier alpha value is -2.99. The maximum absolute atomic E-state index is 13.4. The molecule has 0 N–H and O–H groups in total. The first-order valence-electron chi connectivity index (χ1n) is 10.2. The Morgan fingerprint density at radius 3 is 2.40 bits per heavy atom. The van der Waals surface area contributed by atoms with Crippen molar-refractivity contribution in [2.24, 2.45) is 0 Å². The van der Waals surface area contributed by atoms with Crippen LogP contribution in [0.3, 0.4) is 0 Å². The van der Waals surface area contributed by atoms with Gasteiger partial charge < -0.3 is 9.80 Å². The smallest absolute Gasteiger partial charge is 0.141 e. The highest BCUT2D eigenvalue weighted by Crippen LogP contribution is 2.38. The number of benzene rings is 2. The first kappa shape index (κ1) is 19.0. The molecule has 1 saturated heterocycles. The summed E-state index contributed by atoms with van der Waals surface area (Å²) < 4.78 is 13.4. The largest absolute Gasteiger partial charge is 0.368 e. The maximum atomic E-state index is 13.4. The van der Waals surface area contributed by atoms with Gasteiger partial charge in [-0.3, -0.25) is 0 Å². The van der Waals surface area contributed by atoms with Gasteiger partial charge in [0.15, 0.2) is 0 Å². The summed E-state index contributed by atoms with van der Waals surface area (Å²) in [6.07, 6.45) is 1.65. The number of aryl methyl sites for hydroxylation is 2. The van der Waals surface area contributed by atoms with Crippen LogP contribution in [0.2, 0.25) is 0 Å². The molecule has 0 atom stereocenters. The summed E-state index contributed by atoms with van der Waals surface area (Å²) >= 11 is 1.61. The van der Waals surface area contributed by atoms with E-state index in [1.165, 1.54) is 28.9 Å². The van der Waals surface area contributed by atoms with Crippen molar-refractivity contribution in [2.45, 2.75) is 13.8 Å². The van der Waals surface area contributed by atoms with Gasteiger partial charge in [-0.2, -0.15) is 0 Å². The first-order valence-corrected chi connectivity index (χ1v) is 11.0. The third kappa shape index (κ3) is 3.41. The first-order chi connectivity index (χ1) is 14.6. The van der Waals surface area contributed by atoms with E-state index in [-0.39, 0.29) is 5.82 Å².